The van der Waals surface area contributed by atoms with Crippen LogP contribution in [0.5, 0.6) is 0 Å². The number of aryl methyl sites for hydroxylation is 1. The highest BCUT2D eigenvalue weighted by molar-refractivity contribution is 5.80. The van der Waals surface area contributed by atoms with E-state index in [0.717, 1.165) is 11.1 Å². The second-order valence-electron chi connectivity index (χ2n) is 7.26. The number of esters is 2. The van der Waals surface area contributed by atoms with Crippen molar-refractivity contribution in [1.29, 1.82) is 0 Å². The molecule has 138 valence electrons. The fourth-order valence-corrected chi connectivity index (χ4v) is 2.72. The van der Waals surface area contributed by atoms with Crippen molar-refractivity contribution in [3.05, 3.63) is 35.4 Å². The number of benzene rings is 1. The molecule has 25 heavy (non-hydrogen) atoms. The Morgan fingerprint density at radius 1 is 1.16 bits per heavy atom. The highest BCUT2D eigenvalue weighted by Gasteiger charge is 2.39. The molecule has 1 aliphatic heterocycles. The first kappa shape index (κ1) is 19.4. The van der Waals surface area contributed by atoms with E-state index in [1.165, 1.54) is 0 Å². The van der Waals surface area contributed by atoms with Gasteiger partial charge in [-0.05, 0) is 32.8 Å². The summed E-state index contributed by atoms with van der Waals surface area (Å²) in [6, 6.07) is 7.98. The summed E-state index contributed by atoms with van der Waals surface area (Å²) in [4.78, 5) is 24.4. The highest BCUT2D eigenvalue weighted by atomic mass is 16.6. The average Bonchev–Trinajstić information content (AvgIpc) is 2.60. The van der Waals surface area contributed by atoms with Crippen LogP contribution in [0, 0.1) is 12.3 Å². The minimum atomic E-state index is -0.713. The highest BCUT2D eigenvalue weighted by Crippen LogP contribution is 2.36. The van der Waals surface area contributed by atoms with Crippen LogP contribution in [0.15, 0.2) is 24.3 Å². The maximum Gasteiger partial charge on any atom is 0.345 e. The van der Waals surface area contributed by atoms with Crippen LogP contribution in [0.4, 0.5) is 0 Å². The molecule has 0 atom stereocenters. The number of hydrogen-bond acceptors (Lipinski definition) is 5. The van der Waals surface area contributed by atoms with Crippen LogP contribution in [0.1, 0.15) is 51.2 Å². The van der Waals surface area contributed by atoms with E-state index < -0.39 is 17.0 Å². The standard InChI is InChI=1S/C20H28O5/c1-5-19(3,4)18(22)24-14-17(21)25-20(10-12-23-13-11-20)16-8-6-15(2)7-9-16/h6-9H,5,10-14H2,1-4H3. The maximum absolute atomic E-state index is 12.3. The number of rotatable bonds is 6. The van der Waals surface area contributed by atoms with E-state index in [-0.39, 0.29) is 12.6 Å². The Kier molecular flexibility index (Phi) is 6.22. The zero-order chi connectivity index (χ0) is 18.5. The van der Waals surface area contributed by atoms with Gasteiger partial charge in [-0.3, -0.25) is 4.79 Å². The molecule has 0 amide bonds. The van der Waals surface area contributed by atoms with E-state index in [9.17, 15) is 9.59 Å². The van der Waals surface area contributed by atoms with Gasteiger partial charge < -0.3 is 14.2 Å². The quantitative estimate of drug-likeness (QED) is 0.736. The maximum atomic E-state index is 12.3. The van der Waals surface area contributed by atoms with Gasteiger partial charge in [0.15, 0.2) is 6.61 Å². The molecule has 1 aliphatic rings. The molecular weight excluding hydrogens is 320 g/mol. The normalized spacial score (nSPS) is 17.0. The zero-order valence-corrected chi connectivity index (χ0v) is 15.6. The van der Waals surface area contributed by atoms with Gasteiger partial charge in [0, 0.05) is 12.8 Å². The third kappa shape index (κ3) is 4.82. The summed E-state index contributed by atoms with van der Waals surface area (Å²) in [5, 5.41) is 0. The summed E-state index contributed by atoms with van der Waals surface area (Å²) in [7, 11) is 0. The number of hydrogen-bond donors (Lipinski definition) is 0. The Labute approximate surface area is 149 Å². The smallest absolute Gasteiger partial charge is 0.345 e. The van der Waals surface area contributed by atoms with Gasteiger partial charge >= 0.3 is 11.9 Å². The molecule has 2 rings (SSSR count). The van der Waals surface area contributed by atoms with Gasteiger partial charge in [-0.1, -0.05) is 36.8 Å². The van der Waals surface area contributed by atoms with Crippen molar-refractivity contribution >= 4 is 11.9 Å². The van der Waals surface area contributed by atoms with Crippen molar-refractivity contribution in [2.24, 2.45) is 5.41 Å². The van der Waals surface area contributed by atoms with Crippen LogP contribution < -0.4 is 0 Å². The van der Waals surface area contributed by atoms with Gasteiger partial charge in [-0.25, -0.2) is 4.79 Å². The van der Waals surface area contributed by atoms with Crippen molar-refractivity contribution in [3.8, 4) is 0 Å². The van der Waals surface area contributed by atoms with Gasteiger partial charge in [0.25, 0.3) is 0 Å². The molecule has 0 N–H and O–H groups in total. The molecule has 0 aromatic heterocycles. The molecule has 5 nitrogen and oxygen atoms in total. The Morgan fingerprint density at radius 2 is 1.76 bits per heavy atom. The Morgan fingerprint density at radius 3 is 2.32 bits per heavy atom. The van der Waals surface area contributed by atoms with Crippen LogP contribution in [0.3, 0.4) is 0 Å². The fraction of sp³-hybridized carbons (Fsp3) is 0.600. The van der Waals surface area contributed by atoms with Gasteiger partial charge in [0.05, 0.1) is 18.6 Å². The van der Waals surface area contributed by atoms with E-state index >= 15 is 0 Å². The predicted molar refractivity (Wildman–Crippen MR) is 94.0 cm³/mol. The molecule has 1 heterocycles. The average molecular weight is 348 g/mol. The van der Waals surface area contributed by atoms with Crippen molar-refractivity contribution < 1.29 is 23.8 Å². The molecule has 1 aromatic rings. The number of carbonyl (C=O) groups is 2. The second kappa shape index (κ2) is 8.00. The molecule has 0 saturated carbocycles. The van der Waals surface area contributed by atoms with E-state index in [0.29, 0.717) is 32.5 Å². The lowest BCUT2D eigenvalue weighted by Gasteiger charge is -2.37. The molecule has 1 fully saturated rings. The summed E-state index contributed by atoms with van der Waals surface area (Å²) in [6.45, 7) is 8.22. The summed E-state index contributed by atoms with van der Waals surface area (Å²) in [6.07, 6.45) is 1.83. The molecule has 5 heteroatoms. The third-order valence-corrected chi connectivity index (χ3v) is 4.94. The van der Waals surface area contributed by atoms with Crippen LogP contribution in [-0.2, 0) is 29.4 Å². The lowest BCUT2D eigenvalue weighted by molar-refractivity contribution is -0.182. The van der Waals surface area contributed by atoms with Gasteiger partial charge in [-0.15, -0.1) is 0 Å². The monoisotopic (exact) mass is 348 g/mol. The first-order valence-electron chi connectivity index (χ1n) is 8.83. The van der Waals surface area contributed by atoms with Crippen molar-refractivity contribution in [2.75, 3.05) is 19.8 Å². The van der Waals surface area contributed by atoms with E-state index in [1.54, 1.807) is 13.8 Å². The summed E-state index contributed by atoms with van der Waals surface area (Å²) < 4.78 is 16.4. The summed E-state index contributed by atoms with van der Waals surface area (Å²) >= 11 is 0. The first-order valence-corrected chi connectivity index (χ1v) is 8.83. The fourth-order valence-electron chi connectivity index (χ4n) is 2.72. The summed E-state index contributed by atoms with van der Waals surface area (Å²) in [5.41, 5.74) is 0.784. The Balaban J connectivity index is 2.06. The van der Waals surface area contributed by atoms with Crippen molar-refractivity contribution in [3.63, 3.8) is 0 Å². The summed E-state index contributed by atoms with van der Waals surface area (Å²) in [5.74, 6) is -0.911. The lowest BCUT2D eigenvalue weighted by Crippen LogP contribution is -2.40. The van der Waals surface area contributed by atoms with Crippen LogP contribution in [0.2, 0.25) is 0 Å². The van der Waals surface area contributed by atoms with Crippen molar-refractivity contribution in [1.82, 2.24) is 0 Å². The SMILES string of the molecule is CCC(C)(C)C(=O)OCC(=O)OC1(c2ccc(C)cc2)CCOCC1. The van der Waals surface area contributed by atoms with E-state index in [1.807, 2.05) is 38.1 Å². The Hall–Kier alpha value is -1.88. The zero-order valence-electron chi connectivity index (χ0n) is 15.6. The minimum Gasteiger partial charge on any atom is -0.453 e. The molecular formula is C20H28O5. The van der Waals surface area contributed by atoms with Crippen molar-refractivity contribution in [2.45, 2.75) is 52.6 Å². The van der Waals surface area contributed by atoms with E-state index in [2.05, 4.69) is 0 Å². The van der Waals surface area contributed by atoms with Gasteiger partial charge in [0.1, 0.15) is 5.60 Å². The molecule has 0 spiro atoms. The predicted octanol–water partition coefficient (Wildman–Crippen LogP) is 3.52. The van der Waals surface area contributed by atoms with Gasteiger partial charge in [0.2, 0.25) is 0 Å². The minimum absolute atomic E-state index is 0.364. The topological polar surface area (TPSA) is 61.8 Å². The van der Waals surface area contributed by atoms with Crippen LogP contribution >= 0.6 is 0 Å². The van der Waals surface area contributed by atoms with Crippen LogP contribution in [0.25, 0.3) is 0 Å². The van der Waals surface area contributed by atoms with Crippen LogP contribution in [-0.4, -0.2) is 31.8 Å². The Bertz CT molecular complexity index is 597. The third-order valence-electron chi connectivity index (χ3n) is 4.94. The molecule has 1 aromatic carbocycles. The van der Waals surface area contributed by atoms with E-state index in [4.69, 9.17) is 14.2 Å². The second-order valence-corrected chi connectivity index (χ2v) is 7.26. The number of carbonyl (C=O) groups excluding carboxylic acids is 2. The molecule has 0 radical (unpaired) electrons. The molecule has 1 saturated heterocycles. The molecule has 0 aliphatic carbocycles. The first-order chi connectivity index (χ1) is 11.8. The molecule has 0 bridgehead atoms. The van der Waals surface area contributed by atoms with Gasteiger partial charge in [-0.2, -0.15) is 0 Å². The largest absolute Gasteiger partial charge is 0.453 e. The number of ether oxygens (including phenoxy) is 3. The lowest BCUT2D eigenvalue weighted by atomic mass is 9.85. The molecule has 0 unspecified atom stereocenters.